The molecule has 1 aromatic carbocycles. The van der Waals surface area contributed by atoms with Crippen LogP contribution in [-0.2, 0) is 4.84 Å². The van der Waals surface area contributed by atoms with Gasteiger partial charge in [0.05, 0.1) is 6.21 Å². The average Bonchev–Trinajstić information content (AvgIpc) is 3.01. The van der Waals surface area contributed by atoms with Crippen molar-refractivity contribution in [3.8, 4) is 5.75 Å². The summed E-state index contributed by atoms with van der Waals surface area (Å²) in [4.78, 5) is 4.99. The third kappa shape index (κ3) is 2.94. The highest BCUT2D eigenvalue weighted by Crippen LogP contribution is 2.28. The topological polar surface area (TPSA) is 41.8 Å². The van der Waals surface area contributed by atoms with E-state index in [9.17, 15) is 9.50 Å². The van der Waals surface area contributed by atoms with Gasteiger partial charge in [-0.2, -0.15) is 0 Å². The van der Waals surface area contributed by atoms with Gasteiger partial charge in [0.2, 0.25) is 0 Å². The summed E-state index contributed by atoms with van der Waals surface area (Å²) in [6, 6.07) is 3.69. The number of rotatable bonds is 4. The first-order valence-corrected chi connectivity index (χ1v) is 4.89. The fourth-order valence-corrected chi connectivity index (χ4v) is 1.16. The van der Waals surface area contributed by atoms with Gasteiger partial charge in [-0.15, -0.1) is 0 Å². The summed E-state index contributed by atoms with van der Waals surface area (Å²) in [5, 5.41) is 13.0. The van der Waals surface area contributed by atoms with Gasteiger partial charge in [0, 0.05) is 5.56 Å². The van der Waals surface area contributed by atoms with Gasteiger partial charge < -0.3 is 9.94 Å². The molecule has 0 spiro atoms. The standard InChI is InChI=1S/C11H12FNO2/c12-10-3-4-11(14)9(5-10)6-13-15-7-8-1-2-8/h3-6,8,14H,1-2,7H2/b13-6+. The van der Waals surface area contributed by atoms with Crippen LogP contribution in [-0.4, -0.2) is 17.9 Å². The summed E-state index contributed by atoms with van der Waals surface area (Å²) in [7, 11) is 0. The Labute approximate surface area is 87.2 Å². The zero-order valence-corrected chi connectivity index (χ0v) is 8.19. The fraction of sp³-hybridized carbons (Fsp3) is 0.364. The predicted molar refractivity (Wildman–Crippen MR) is 54.3 cm³/mol. The maximum atomic E-state index is 12.8. The lowest BCUT2D eigenvalue weighted by Crippen LogP contribution is -1.91. The first-order chi connectivity index (χ1) is 7.25. The van der Waals surface area contributed by atoms with Crippen molar-refractivity contribution in [2.75, 3.05) is 6.61 Å². The molecule has 3 nitrogen and oxygen atoms in total. The van der Waals surface area contributed by atoms with Crippen molar-refractivity contribution in [3.63, 3.8) is 0 Å². The number of phenols is 1. The molecular formula is C11H12FNO2. The Bertz CT molecular complexity index is 375. The molecule has 1 fully saturated rings. The minimum Gasteiger partial charge on any atom is -0.507 e. The molecule has 0 amide bonds. The lowest BCUT2D eigenvalue weighted by atomic mass is 10.2. The van der Waals surface area contributed by atoms with Crippen molar-refractivity contribution in [1.29, 1.82) is 0 Å². The zero-order valence-electron chi connectivity index (χ0n) is 8.19. The van der Waals surface area contributed by atoms with Crippen LogP contribution < -0.4 is 0 Å². The van der Waals surface area contributed by atoms with E-state index in [2.05, 4.69) is 5.16 Å². The number of phenolic OH excluding ortho intramolecular Hbond substituents is 1. The Morgan fingerprint density at radius 2 is 2.33 bits per heavy atom. The Morgan fingerprint density at radius 1 is 1.53 bits per heavy atom. The number of benzene rings is 1. The van der Waals surface area contributed by atoms with Crippen LogP contribution in [0.3, 0.4) is 0 Å². The SMILES string of the molecule is Oc1ccc(F)cc1/C=N/OCC1CC1. The van der Waals surface area contributed by atoms with Crippen molar-refractivity contribution < 1.29 is 14.3 Å². The number of aromatic hydroxyl groups is 1. The number of hydrogen-bond acceptors (Lipinski definition) is 3. The minimum absolute atomic E-state index is 0.00447. The van der Waals surface area contributed by atoms with Gasteiger partial charge in [0.15, 0.2) is 0 Å². The Kier molecular flexibility index (Phi) is 2.85. The first-order valence-electron chi connectivity index (χ1n) is 4.89. The van der Waals surface area contributed by atoms with Gasteiger partial charge in [-0.3, -0.25) is 0 Å². The van der Waals surface area contributed by atoms with E-state index in [1.165, 1.54) is 37.3 Å². The van der Waals surface area contributed by atoms with Crippen LogP contribution in [0.1, 0.15) is 18.4 Å². The van der Waals surface area contributed by atoms with Gasteiger partial charge in [-0.1, -0.05) is 5.16 Å². The van der Waals surface area contributed by atoms with Crippen molar-refractivity contribution in [2.45, 2.75) is 12.8 Å². The Hall–Kier alpha value is -1.58. The van der Waals surface area contributed by atoms with Crippen LogP contribution in [0.5, 0.6) is 5.75 Å². The smallest absolute Gasteiger partial charge is 0.124 e. The molecule has 0 unspecified atom stereocenters. The van der Waals surface area contributed by atoms with Crippen LogP contribution in [0.25, 0.3) is 0 Å². The molecule has 0 aliphatic heterocycles. The van der Waals surface area contributed by atoms with E-state index in [4.69, 9.17) is 4.84 Å². The highest BCUT2D eigenvalue weighted by molar-refractivity contribution is 5.82. The van der Waals surface area contributed by atoms with Gasteiger partial charge in [0.25, 0.3) is 0 Å². The molecular weight excluding hydrogens is 197 g/mol. The van der Waals surface area contributed by atoms with E-state index in [1.807, 2.05) is 0 Å². The quantitative estimate of drug-likeness (QED) is 0.610. The second-order valence-corrected chi connectivity index (χ2v) is 3.68. The molecule has 4 heteroatoms. The average molecular weight is 209 g/mol. The van der Waals surface area contributed by atoms with Gasteiger partial charge in [-0.25, -0.2) is 4.39 Å². The summed E-state index contributed by atoms with van der Waals surface area (Å²) in [5.41, 5.74) is 0.325. The molecule has 0 atom stereocenters. The molecule has 1 saturated carbocycles. The molecule has 0 heterocycles. The summed E-state index contributed by atoms with van der Waals surface area (Å²) < 4.78 is 12.8. The second-order valence-electron chi connectivity index (χ2n) is 3.68. The third-order valence-electron chi connectivity index (χ3n) is 2.26. The summed E-state index contributed by atoms with van der Waals surface area (Å²) in [6.45, 7) is 0.604. The summed E-state index contributed by atoms with van der Waals surface area (Å²) in [5.74, 6) is 0.217. The van der Waals surface area contributed by atoms with Crippen molar-refractivity contribution in [2.24, 2.45) is 11.1 Å². The zero-order chi connectivity index (χ0) is 10.7. The van der Waals surface area contributed by atoms with E-state index < -0.39 is 5.82 Å². The lowest BCUT2D eigenvalue weighted by Gasteiger charge is -1.98. The molecule has 1 aliphatic carbocycles. The molecule has 2 rings (SSSR count). The molecule has 80 valence electrons. The third-order valence-corrected chi connectivity index (χ3v) is 2.26. The highest BCUT2D eigenvalue weighted by atomic mass is 19.1. The van der Waals surface area contributed by atoms with Crippen molar-refractivity contribution in [3.05, 3.63) is 29.6 Å². The number of nitrogens with zero attached hydrogens (tertiary/aromatic N) is 1. The van der Waals surface area contributed by atoms with Crippen molar-refractivity contribution >= 4 is 6.21 Å². The second kappa shape index (κ2) is 4.29. The van der Waals surface area contributed by atoms with E-state index in [0.29, 0.717) is 18.1 Å². The molecule has 15 heavy (non-hydrogen) atoms. The Morgan fingerprint density at radius 3 is 3.07 bits per heavy atom. The van der Waals surface area contributed by atoms with E-state index >= 15 is 0 Å². The monoisotopic (exact) mass is 209 g/mol. The van der Waals surface area contributed by atoms with E-state index in [0.717, 1.165) is 0 Å². The Balaban J connectivity index is 1.92. The molecule has 0 saturated heterocycles. The van der Waals surface area contributed by atoms with E-state index in [-0.39, 0.29) is 5.75 Å². The normalized spacial score (nSPS) is 15.8. The van der Waals surface area contributed by atoms with E-state index in [1.54, 1.807) is 0 Å². The van der Waals surface area contributed by atoms with Gasteiger partial charge in [-0.05, 0) is 37.0 Å². The van der Waals surface area contributed by atoms with Crippen LogP contribution in [0.15, 0.2) is 23.4 Å². The van der Waals surface area contributed by atoms with Crippen LogP contribution >= 0.6 is 0 Å². The van der Waals surface area contributed by atoms with Crippen LogP contribution in [0.2, 0.25) is 0 Å². The molecule has 1 aliphatic rings. The predicted octanol–water partition coefficient (Wildman–Crippen LogP) is 2.29. The molecule has 0 radical (unpaired) electrons. The number of oxime groups is 1. The maximum Gasteiger partial charge on any atom is 0.124 e. The largest absolute Gasteiger partial charge is 0.507 e. The van der Waals surface area contributed by atoms with Crippen molar-refractivity contribution in [1.82, 2.24) is 0 Å². The first kappa shape index (κ1) is 9.96. The summed E-state index contributed by atoms with van der Waals surface area (Å²) in [6.07, 6.45) is 3.71. The minimum atomic E-state index is -0.406. The highest BCUT2D eigenvalue weighted by Gasteiger charge is 2.21. The number of hydrogen-bond donors (Lipinski definition) is 1. The van der Waals surface area contributed by atoms with Crippen LogP contribution in [0.4, 0.5) is 4.39 Å². The lowest BCUT2D eigenvalue weighted by molar-refractivity contribution is 0.135. The maximum absolute atomic E-state index is 12.8. The fourth-order valence-electron chi connectivity index (χ4n) is 1.16. The molecule has 0 bridgehead atoms. The van der Waals surface area contributed by atoms with Gasteiger partial charge >= 0.3 is 0 Å². The summed E-state index contributed by atoms with van der Waals surface area (Å²) >= 11 is 0. The molecule has 0 aromatic heterocycles. The van der Waals surface area contributed by atoms with Gasteiger partial charge in [0.1, 0.15) is 18.2 Å². The molecule has 1 N–H and O–H groups in total. The number of halogens is 1. The molecule has 1 aromatic rings. The van der Waals surface area contributed by atoms with Crippen LogP contribution in [0, 0.1) is 11.7 Å².